The lowest BCUT2D eigenvalue weighted by Crippen LogP contribution is -2.40. The summed E-state index contributed by atoms with van der Waals surface area (Å²) in [6.45, 7) is 15.6. The second kappa shape index (κ2) is 8.43. The quantitative estimate of drug-likeness (QED) is 0.579. The smallest absolute Gasteiger partial charge is 0.407 e. The van der Waals surface area contributed by atoms with Crippen molar-refractivity contribution in [1.29, 1.82) is 0 Å². The first kappa shape index (κ1) is 20.8. The highest BCUT2D eigenvalue weighted by molar-refractivity contribution is 6.76. The van der Waals surface area contributed by atoms with Gasteiger partial charge in [0.2, 0.25) is 0 Å². The normalized spacial score (nSPS) is 18.2. The molecule has 1 aromatic rings. The minimum absolute atomic E-state index is 0.0983. The third-order valence-corrected chi connectivity index (χ3v) is 5.82. The second-order valence-electron chi connectivity index (χ2n) is 9.16. The van der Waals surface area contributed by atoms with Gasteiger partial charge in [0.25, 0.3) is 0 Å². The maximum Gasteiger partial charge on any atom is 0.407 e. The van der Waals surface area contributed by atoms with E-state index >= 15 is 0 Å². The van der Waals surface area contributed by atoms with E-state index in [4.69, 9.17) is 9.47 Å². The summed E-state index contributed by atoms with van der Waals surface area (Å²) in [6, 6.07) is 1.26. The molecule has 0 aliphatic carbocycles. The fourth-order valence-electron chi connectivity index (χ4n) is 2.71. The molecule has 26 heavy (non-hydrogen) atoms. The van der Waals surface area contributed by atoms with Crippen LogP contribution in [0, 0.1) is 0 Å². The monoisotopic (exact) mass is 382 g/mol. The van der Waals surface area contributed by atoms with Crippen molar-refractivity contribution in [3.8, 4) is 0 Å². The molecule has 2 heterocycles. The molecule has 1 amide bonds. The average Bonchev–Trinajstić information content (AvgIpc) is 3.09. The van der Waals surface area contributed by atoms with Gasteiger partial charge in [0, 0.05) is 27.8 Å². The van der Waals surface area contributed by atoms with Gasteiger partial charge >= 0.3 is 6.09 Å². The van der Waals surface area contributed by atoms with Crippen LogP contribution in [0.4, 0.5) is 10.5 Å². The van der Waals surface area contributed by atoms with Crippen LogP contribution in [0.1, 0.15) is 27.2 Å². The van der Waals surface area contributed by atoms with Crippen molar-refractivity contribution >= 4 is 19.9 Å². The van der Waals surface area contributed by atoms with E-state index in [1.54, 1.807) is 0 Å². The number of anilines is 1. The molecule has 2 rings (SSSR count). The predicted octanol–water partition coefficient (Wildman–Crippen LogP) is 3.30. The number of hydrogen-bond donors (Lipinski definition) is 1. The fraction of sp³-hybridized carbons (Fsp3) is 0.778. The number of rotatable bonds is 7. The molecule has 0 spiro atoms. The Hall–Kier alpha value is -1.54. The van der Waals surface area contributed by atoms with Crippen LogP contribution in [-0.4, -0.2) is 55.3 Å². The number of amides is 1. The number of nitrogens with one attached hydrogen (secondary N) is 1. The average molecular weight is 383 g/mol. The van der Waals surface area contributed by atoms with Crippen LogP contribution in [0.15, 0.2) is 12.4 Å². The first-order valence-electron chi connectivity index (χ1n) is 9.36. The Labute approximate surface area is 158 Å². The van der Waals surface area contributed by atoms with Crippen LogP contribution in [0.5, 0.6) is 0 Å². The van der Waals surface area contributed by atoms with Gasteiger partial charge in [-0.15, -0.1) is 0 Å². The molecule has 0 aromatic carbocycles. The summed E-state index contributed by atoms with van der Waals surface area (Å²) in [5.41, 5.74) is 0.589. The number of ether oxygens (including phenoxy) is 2. The second-order valence-corrected chi connectivity index (χ2v) is 14.8. The number of alkyl carbamates (subject to hydrolysis) is 1. The summed E-state index contributed by atoms with van der Waals surface area (Å²) in [5.74, 6) is 0. The van der Waals surface area contributed by atoms with Crippen molar-refractivity contribution in [2.45, 2.75) is 71.3 Å². The molecule has 1 atom stereocenters. The summed E-state index contributed by atoms with van der Waals surface area (Å²) < 4.78 is 12.9. The molecule has 8 heteroatoms. The van der Waals surface area contributed by atoms with E-state index in [-0.39, 0.29) is 12.1 Å². The summed E-state index contributed by atoms with van der Waals surface area (Å²) in [5, 5.41) is 7.33. The third-order valence-electron chi connectivity index (χ3n) is 4.11. The molecule has 1 saturated heterocycles. The van der Waals surface area contributed by atoms with Gasteiger partial charge in [0.1, 0.15) is 12.3 Å². The van der Waals surface area contributed by atoms with E-state index in [0.717, 1.165) is 37.8 Å². The molecule has 148 valence electrons. The minimum atomic E-state index is -1.06. The Kier molecular flexibility index (Phi) is 6.73. The summed E-state index contributed by atoms with van der Waals surface area (Å²) in [7, 11) is -1.06. The molecule has 1 aliphatic heterocycles. The number of aromatic nitrogens is 2. The van der Waals surface area contributed by atoms with Gasteiger partial charge in [0.15, 0.2) is 0 Å². The van der Waals surface area contributed by atoms with Gasteiger partial charge in [-0.3, -0.25) is 0 Å². The van der Waals surface area contributed by atoms with Gasteiger partial charge in [-0.25, -0.2) is 9.48 Å². The molecule has 1 aliphatic rings. The maximum absolute atomic E-state index is 11.9. The molecule has 0 radical (unpaired) electrons. The lowest BCUT2D eigenvalue weighted by atomic mass is 10.2. The largest absolute Gasteiger partial charge is 0.444 e. The first-order valence-corrected chi connectivity index (χ1v) is 13.1. The predicted molar refractivity (Wildman–Crippen MR) is 106 cm³/mol. The number of hydrogen-bond acceptors (Lipinski definition) is 5. The minimum Gasteiger partial charge on any atom is -0.444 e. The molecule has 1 fully saturated rings. The zero-order valence-corrected chi connectivity index (χ0v) is 18.0. The highest BCUT2D eigenvalue weighted by Gasteiger charge is 2.26. The van der Waals surface area contributed by atoms with E-state index in [9.17, 15) is 4.79 Å². The van der Waals surface area contributed by atoms with Crippen LogP contribution >= 0.6 is 0 Å². The number of carbonyl (C=O) groups is 1. The Bertz CT molecular complexity index is 592. The van der Waals surface area contributed by atoms with Crippen molar-refractivity contribution in [2.24, 2.45) is 0 Å². The van der Waals surface area contributed by atoms with Crippen molar-refractivity contribution < 1.29 is 14.3 Å². The highest BCUT2D eigenvalue weighted by Crippen LogP contribution is 2.20. The molecule has 0 bridgehead atoms. The number of nitrogens with zero attached hydrogens (tertiary/aromatic N) is 3. The van der Waals surface area contributed by atoms with Gasteiger partial charge in [-0.2, -0.15) is 5.10 Å². The molecule has 0 unspecified atom stereocenters. The van der Waals surface area contributed by atoms with E-state index in [2.05, 4.69) is 35.0 Å². The van der Waals surface area contributed by atoms with Gasteiger partial charge in [-0.1, -0.05) is 19.6 Å². The molecule has 1 N–H and O–H groups in total. The lowest BCUT2D eigenvalue weighted by Gasteiger charge is -2.22. The van der Waals surface area contributed by atoms with Crippen LogP contribution in [-0.2, 0) is 16.2 Å². The van der Waals surface area contributed by atoms with Gasteiger partial charge in [-0.05, 0) is 33.2 Å². The van der Waals surface area contributed by atoms with Crippen LogP contribution in [0.25, 0.3) is 0 Å². The SMILES string of the molecule is CC(C)(C)OC(=O)N[C@@H]1CCN(c2cnn(COCC[Si](C)(C)C)c2)C1. The van der Waals surface area contributed by atoms with E-state index in [1.165, 1.54) is 0 Å². The maximum atomic E-state index is 11.9. The Morgan fingerprint density at radius 3 is 2.77 bits per heavy atom. The van der Waals surface area contributed by atoms with Crippen molar-refractivity contribution in [2.75, 3.05) is 24.6 Å². The standard InChI is InChI=1S/C18H34N4O3Si/c1-18(2,3)25-17(23)20-15-7-8-21(12-15)16-11-19-22(13-16)14-24-9-10-26(4,5)6/h11,13,15H,7-10,12,14H2,1-6H3,(H,20,23)/t15-/m1/s1. The third kappa shape index (κ3) is 7.37. The molecule has 1 aromatic heterocycles. The number of carbonyl (C=O) groups excluding carboxylic acids is 1. The lowest BCUT2D eigenvalue weighted by molar-refractivity contribution is 0.0509. The summed E-state index contributed by atoms with van der Waals surface area (Å²) in [4.78, 5) is 14.1. The molecular formula is C18H34N4O3Si. The van der Waals surface area contributed by atoms with Crippen molar-refractivity contribution in [1.82, 2.24) is 15.1 Å². The van der Waals surface area contributed by atoms with E-state index in [1.807, 2.05) is 37.8 Å². The van der Waals surface area contributed by atoms with Crippen LogP contribution in [0.3, 0.4) is 0 Å². The zero-order valence-electron chi connectivity index (χ0n) is 17.0. The molecular weight excluding hydrogens is 348 g/mol. The highest BCUT2D eigenvalue weighted by atomic mass is 28.3. The summed E-state index contributed by atoms with van der Waals surface area (Å²) >= 11 is 0. The fourth-order valence-corrected chi connectivity index (χ4v) is 3.47. The van der Waals surface area contributed by atoms with Crippen LogP contribution in [0.2, 0.25) is 25.7 Å². The van der Waals surface area contributed by atoms with Crippen molar-refractivity contribution in [3.05, 3.63) is 12.4 Å². The van der Waals surface area contributed by atoms with E-state index in [0.29, 0.717) is 6.73 Å². The molecule has 7 nitrogen and oxygen atoms in total. The van der Waals surface area contributed by atoms with Gasteiger partial charge in [0.05, 0.1) is 24.1 Å². The Balaban J connectivity index is 1.75. The zero-order chi connectivity index (χ0) is 19.4. The molecule has 0 saturated carbocycles. The summed E-state index contributed by atoms with van der Waals surface area (Å²) in [6.07, 6.45) is 4.41. The van der Waals surface area contributed by atoms with E-state index < -0.39 is 13.7 Å². The Morgan fingerprint density at radius 2 is 2.12 bits per heavy atom. The first-order chi connectivity index (χ1) is 12.0. The van der Waals surface area contributed by atoms with Crippen LogP contribution < -0.4 is 10.2 Å². The van der Waals surface area contributed by atoms with Crippen molar-refractivity contribution in [3.63, 3.8) is 0 Å². The Morgan fingerprint density at radius 1 is 1.38 bits per heavy atom. The van der Waals surface area contributed by atoms with Gasteiger partial charge < -0.3 is 19.7 Å². The topological polar surface area (TPSA) is 68.6 Å².